The summed E-state index contributed by atoms with van der Waals surface area (Å²) >= 11 is 0. The van der Waals surface area contributed by atoms with Crippen LogP contribution in [-0.2, 0) is 0 Å². The lowest BCUT2D eigenvalue weighted by Crippen LogP contribution is -2.41. The molecule has 0 radical (unpaired) electrons. The van der Waals surface area contributed by atoms with Crippen LogP contribution in [0.25, 0.3) is 0 Å². The average molecular weight is 207 g/mol. The minimum Gasteiger partial charge on any atom is -0.310 e. The zero-order chi connectivity index (χ0) is 11.3. The lowest BCUT2D eigenvalue weighted by atomic mass is 9.75. The molecule has 1 atom stereocenters. The van der Waals surface area contributed by atoms with Crippen molar-refractivity contribution >= 4 is 0 Å². The molecule has 1 aliphatic rings. The molecule has 0 aromatic heterocycles. The SMILES string of the molecule is C#CCC(CC)NC1CCC(C)(C)CC1. The van der Waals surface area contributed by atoms with E-state index < -0.39 is 0 Å². The molecule has 1 heteroatoms. The van der Waals surface area contributed by atoms with Crippen molar-refractivity contribution in [3.8, 4) is 12.3 Å². The van der Waals surface area contributed by atoms with Crippen molar-refractivity contribution < 1.29 is 0 Å². The summed E-state index contributed by atoms with van der Waals surface area (Å²) in [5, 5.41) is 3.70. The van der Waals surface area contributed by atoms with Crippen LogP contribution in [0.4, 0.5) is 0 Å². The van der Waals surface area contributed by atoms with E-state index in [0.29, 0.717) is 17.5 Å². The average Bonchev–Trinajstić information content (AvgIpc) is 2.20. The molecule has 0 heterocycles. The summed E-state index contributed by atoms with van der Waals surface area (Å²) in [6.45, 7) is 6.96. The standard InChI is InChI=1S/C14H25N/c1-5-7-12(6-2)15-13-8-10-14(3,4)11-9-13/h1,12-13,15H,6-11H2,2-4H3. The van der Waals surface area contributed by atoms with Gasteiger partial charge in [0, 0.05) is 18.5 Å². The molecule has 0 bridgehead atoms. The number of terminal acetylenes is 1. The minimum atomic E-state index is 0.529. The molecule has 0 amide bonds. The van der Waals surface area contributed by atoms with Crippen molar-refractivity contribution in [2.24, 2.45) is 5.41 Å². The van der Waals surface area contributed by atoms with Gasteiger partial charge in [0.15, 0.2) is 0 Å². The van der Waals surface area contributed by atoms with E-state index in [4.69, 9.17) is 6.42 Å². The third kappa shape index (κ3) is 4.26. The Morgan fingerprint density at radius 2 is 2.00 bits per heavy atom. The third-order valence-corrected chi connectivity index (χ3v) is 3.67. The summed E-state index contributed by atoms with van der Waals surface area (Å²) in [5.41, 5.74) is 0.562. The maximum absolute atomic E-state index is 5.36. The van der Waals surface area contributed by atoms with Crippen molar-refractivity contribution in [2.75, 3.05) is 0 Å². The Kier molecular flexibility index (Phi) is 4.67. The molecule has 1 nitrogen and oxygen atoms in total. The minimum absolute atomic E-state index is 0.529. The van der Waals surface area contributed by atoms with Gasteiger partial charge in [0.25, 0.3) is 0 Å². The molecule has 1 N–H and O–H groups in total. The van der Waals surface area contributed by atoms with Gasteiger partial charge in [-0.2, -0.15) is 0 Å². The monoisotopic (exact) mass is 207 g/mol. The molecular formula is C14H25N. The van der Waals surface area contributed by atoms with Gasteiger partial charge in [-0.1, -0.05) is 20.8 Å². The lowest BCUT2D eigenvalue weighted by Gasteiger charge is -2.36. The highest BCUT2D eigenvalue weighted by molar-refractivity contribution is 4.91. The van der Waals surface area contributed by atoms with Crippen molar-refractivity contribution in [2.45, 2.75) is 71.4 Å². The highest BCUT2D eigenvalue weighted by atomic mass is 14.9. The van der Waals surface area contributed by atoms with Crippen molar-refractivity contribution in [1.82, 2.24) is 5.32 Å². The second-order valence-electron chi connectivity index (χ2n) is 5.62. The maximum Gasteiger partial charge on any atom is 0.0240 e. The Hall–Kier alpha value is -0.480. The third-order valence-electron chi connectivity index (χ3n) is 3.67. The van der Waals surface area contributed by atoms with Gasteiger partial charge in [-0.05, 0) is 37.5 Å². The van der Waals surface area contributed by atoms with Crippen LogP contribution in [0.2, 0.25) is 0 Å². The zero-order valence-corrected chi connectivity index (χ0v) is 10.5. The van der Waals surface area contributed by atoms with Gasteiger partial charge in [0.2, 0.25) is 0 Å². The van der Waals surface area contributed by atoms with Crippen LogP contribution in [0, 0.1) is 17.8 Å². The fraction of sp³-hybridized carbons (Fsp3) is 0.857. The molecule has 1 unspecified atom stereocenters. The normalized spacial score (nSPS) is 23.3. The molecule has 0 aliphatic heterocycles. The first-order valence-electron chi connectivity index (χ1n) is 6.27. The second kappa shape index (κ2) is 5.56. The van der Waals surface area contributed by atoms with Crippen molar-refractivity contribution in [3.63, 3.8) is 0 Å². The van der Waals surface area contributed by atoms with E-state index in [1.54, 1.807) is 0 Å². The molecule has 0 saturated heterocycles. The lowest BCUT2D eigenvalue weighted by molar-refractivity contribution is 0.197. The number of nitrogens with one attached hydrogen (secondary N) is 1. The van der Waals surface area contributed by atoms with E-state index in [9.17, 15) is 0 Å². The van der Waals surface area contributed by atoms with Crippen LogP contribution < -0.4 is 5.32 Å². The van der Waals surface area contributed by atoms with Crippen LogP contribution in [0.3, 0.4) is 0 Å². The summed E-state index contributed by atoms with van der Waals surface area (Å²) in [6, 6.07) is 1.23. The summed E-state index contributed by atoms with van der Waals surface area (Å²) < 4.78 is 0. The Labute approximate surface area is 95.0 Å². The van der Waals surface area contributed by atoms with Gasteiger partial charge in [-0.3, -0.25) is 0 Å². The van der Waals surface area contributed by atoms with Gasteiger partial charge in [-0.25, -0.2) is 0 Å². The van der Waals surface area contributed by atoms with Gasteiger partial charge in [-0.15, -0.1) is 12.3 Å². The topological polar surface area (TPSA) is 12.0 Å². The molecule has 15 heavy (non-hydrogen) atoms. The largest absolute Gasteiger partial charge is 0.310 e. The molecule has 1 aliphatic carbocycles. The predicted octanol–water partition coefficient (Wildman–Crippen LogP) is 3.35. The smallest absolute Gasteiger partial charge is 0.0240 e. The summed E-state index contributed by atoms with van der Waals surface area (Å²) in [4.78, 5) is 0. The van der Waals surface area contributed by atoms with Crippen molar-refractivity contribution in [3.05, 3.63) is 0 Å². The highest BCUT2D eigenvalue weighted by Crippen LogP contribution is 2.35. The van der Waals surface area contributed by atoms with Gasteiger partial charge in [0.1, 0.15) is 0 Å². The Morgan fingerprint density at radius 1 is 1.40 bits per heavy atom. The molecule has 1 rings (SSSR count). The molecule has 0 aromatic rings. The molecule has 0 spiro atoms. The van der Waals surface area contributed by atoms with Gasteiger partial charge < -0.3 is 5.32 Å². The van der Waals surface area contributed by atoms with E-state index in [1.807, 2.05) is 0 Å². The fourth-order valence-electron chi connectivity index (χ4n) is 2.36. The van der Waals surface area contributed by atoms with E-state index in [1.165, 1.54) is 25.7 Å². The summed E-state index contributed by atoms with van der Waals surface area (Å²) in [7, 11) is 0. The second-order valence-corrected chi connectivity index (χ2v) is 5.62. The first-order valence-corrected chi connectivity index (χ1v) is 6.27. The quantitative estimate of drug-likeness (QED) is 0.697. The Bertz CT molecular complexity index is 214. The highest BCUT2D eigenvalue weighted by Gasteiger charge is 2.27. The van der Waals surface area contributed by atoms with Crippen LogP contribution in [0.1, 0.15) is 59.3 Å². The predicted molar refractivity (Wildman–Crippen MR) is 66.7 cm³/mol. The fourth-order valence-corrected chi connectivity index (χ4v) is 2.36. The Balaban J connectivity index is 2.31. The first kappa shape index (κ1) is 12.6. The molecule has 0 aromatic carbocycles. The number of rotatable bonds is 4. The summed E-state index contributed by atoms with van der Waals surface area (Å²) in [5.74, 6) is 2.76. The van der Waals surface area contributed by atoms with Gasteiger partial charge >= 0.3 is 0 Å². The van der Waals surface area contributed by atoms with E-state index in [-0.39, 0.29) is 0 Å². The number of hydrogen-bond acceptors (Lipinski definition) is 1. The van der Waals surface area contributed by atoms with Crippen LogP contribution >= 0.6 is 0 Å². The van der Waals surface area contributed by atoms with E-state index in [0.717, 1.165) is 12.8 Å². The molecule has 1 saturated carbocycles. The first-order chi connectivity index (χ1) is 7.07. The van der Waals surface area contributed by atoms with Crippen LogP contribution in [0.5, 0.6) is 0 Å². The van der Waals surface area contributed by atoms with Crippen molar-refractivity contribution in [1.29, 1.82) is 0 Å². The van der Waals surface area contributed by atoms with Crippen LogP contribution in [0.15, 0.2) is 0 Å². The molecule has 1 fully saturated rings. The Morgan fingerprint density at radius 3 is 2.47 bits per heavy atom. The van der Waals surface area contributed by atoms with E-state index in [2.05, 4.69) is 32.0 Å². The number of hydrogen-bond donors (Lipinski definition) is 1. The zero-order valence-electron chi connectivity index (χ0n) is 10.5. The molecule has 86 valence electrons. The van der Waals surface area contributed by atoms with Crippen LogP contribution in [-0.4, -0.2) is 12.1 Å². The van der Waals surface area contributed by atoms with Gasteiger partial charge in [0.05, 0.1) is 0 Å². The molecular weight excluding hydrogens is 182 g/mol. The van der Waals surface area contributed by atoms with E-state index >= 15 is 0 Å². The maximum atomic E-state index is 5.36. The summed E-state index contributed by atoms with van der Waals surface area (Å²) in [6.07, 6.45) is 12.7.